The van der Waals surface area contributed by atoms with Crippen molar-refractivity contribution in [3.8, 4) is 0 Å². The number of halogens is 1. The number of rotatable bonds is 7. The molecule has 0 radical (unpaired) electrons. The van der Waals surface area contributed by atoms with Crippen molar-refractivity contribution in [1.29, 1.82) is 0 Å². The highest BCUT2D eigenvalue weighted by atomic mass is 19.1. The van der Waals surface area contributed by atoms with Crippen LogP contribution in [-0.2, 0) is 13.0 Å². The van der Waals surface area contributed by atoms with Crippen LogP contribution in [0.5, 0.6) is 0 Å². The van der Waals surface area contributed by atoms with Gasteiger partial charge < -0.3 is 10.6 Å². The number of aromatic nitrogens is 1. The summed E-state index contributed by atoms with van der Waals surface area (Å²) in [6.45, 7) is 0.878. The fourth-order valence-electron chi connectivity index (χ4n) is 2.56. The van der Waals surface area contributed by atoms with Gasteiger partial charge in [-0.05, 0) is 30.2 Å². The minimum Gasteiger partial charge on any atom is -0.381 e. The number of pyridine rings is 1. The van der Waals surface area contributed by atoms with Crippen LogP contribution in [0.2, 0.25) is 0 Å². The largest absolute Gasteiger partial charge is 0.381 e. The summed E-state index contributed by atoms with van der Waals surface area (Å²) in [5, 5.41) is 5.99. The Kier molecular flexibility index (Phi) is 5.93. The van der Waals surface area contributed by atoms with Crippen LogP contribution >= 0.6 is 0 Å². The Bertz CT molecular complexity index is 868. The maximum Gasteiger partial charge on any atom is 0.269 e. The number of nitrogens with one attached hydrogen (secondary N) is 2. The molecule has 0 saturated heterocycles. The van der Waals surface area contributed by atoms with Crippen molar-refractivity contribution in [2.75, 3.05) is 11.9 Å². The molecule has 3 rings (SSSR count). The van der Waals surface area contributed by atoms with Crippen LogP contribution in [0.1, 0.15) is 21.6 Å². The maximum atomic E-state index is 13.7. The van der Waals surface area contributed by atoms with Crippen LogP contribution in [0.4, 0.5) is 10.1 Å². The van der Waals surface area contributed by atoms with E-state index in [1.165, 1.54) is 11.6 Å². The minimum absolute atomic E-state index is 0.226. The third kappa shape index (κ3) is 4.89. The lowest BCUT2D eigenvalue weighted by Crippen LogP contribution is -2.26. The van der Waals surface area contributed by atoms with Gasteiger partial charge in [0.05, 0.1) is 0 Å². The molecule has 0 aliphatic rings. The summed E-state index contributed by atoms with van der Waals surface area (Å²) in [5.74, 6) is -0.483. The van der Waals surface area contributed by atoms with Gasteiger partial charge in [0.2, 0.25) is 0 Å². The lowest BCUT2D eigenvalue weighted by molar-refractivity contribution is 0.0949. The molecule has 0 atom stereocenters. The van der Waals surface area contributed by atoms with E-state index in [0.717, 1.165) is 12.1 Å². The number of hydrogen-bond donors (Lipinski definition) is 2. The molecule has 1 heterocycles. The smallest absolute Gasteiger partial charge is 0.269 e. The predicted molar refractivity (Wildman–Crippen MR) is 100 cm³/mol. The Hall–Kier alpha value is -3.21. The van der Waals surface area contributed by atoms with Gasteiger partial charge in [0.1, 0.15) is 11.5 Å². The number of carbonyl (C=O) groups is 1. The van der Waals surface area contributed by atoms with Crippen molar-refractivity contribution in [2.24, 2.45) is 0 Å². The molecule has 0 unspecified atom stereocenters. The van der Waals surface area contributed by atoms with E-state index >= 15 is 0 Å². The summed E-state index contributed by atoms with van der Waals surface area (Å²) < 4.78 is 13.7. The summed E-state index contributed by atoms with van der Waals surface area (Å²) in [7, 11) is 0. The second-order valence-corrected chi connectivity index (χ2v) is 5.87. The summed E-state index contributed by atoms with van der Waals surface area (Å²) in [4.78, 5) is 16.4. The van der Waals surface area contributed by atoms with Gasteiger partial charge in [0.15, 0.2) is 0 Å². The molecule has 0 aliphatic heterocycles. The van der Waals surface area contributed by atoms with Crippen LogP contribution in [0, 0.1) is 5.82 Å². The van der Waals surface area contributed by atoms with Gasteiger partial charge in [0, 0.05) is 30.5 Å². The summed E-state index contributed by atoms with van der Waals surface area (Å²) in [6.07, 6.45) is 2.33. The lowest BCUT2D eigenvalue weighted by Gasteiger charge is -2.09. The van der Waals surface area contributed by atoms with Gasteiger partial charge >= 0.3 is 0 Å². The third-order valence-electron chi connectivity index (χ3n) is 3.98. The van der Waals surface area contributed by atoms with Crippen LogP contribution in [-0.4, -0.2) is 17.4 Å². The molecule has 2 N–H and O–H groups in total. The zero-order valence-electron chi connectivity index (χ0n) is 14.3. The van der Waals surface area contributed by atoms with Gasteiger partial charge in [-0.3, -0.25) is 9.78 Å². The molecule has 0 saturated carbocycles. The molecular formula is C21H20FN3O. The molecule has 1 aromatic heterocycles. The Labute approximate surface area is 152 Å². The van der Waals surface area contributed by atoms with Crippen molar-refractivity contribution in [3.05, 3.63) is 95.6 Å². The van der Waals surface area contributed by atoms with Crippen LogP contribution in [0.25, 0.3) is 0 Å². The van der Waals surface area contributed by atoms with E-state index in [4.69, 9.17) is 0 Å². The molecule has 0 spiro atoms. The first-order chi connectivity index (χ1) is 12.7. The summed E-state index contributed by atoms with van der Waals surface area (Å²) >= 11 is 0. The van der Waals surface area contributed by atoms with Gasteiger partial charge in [-0.1, -0.05) is 48.5 Å². The minimum atomic E-state index is -0.257. The monoisotopic (exact) mass is 349 g/mol. The molecular weight excluding hydrogens is 329 g/mol. The topological polar surface area (TPSA) is 54.0 Å². The molecule has 2 aromatic carbocycles. The highest BCUT2D eigenvalue weighted by Crippen LogP contribution is 2.12. The number of anilines is 1. The Morgan fingerprint density at radius 3 is 2.58 bits per heavy atom. The number of nitrogens with zero attached hydrogens (tertiary/aromatic N) is 1. The van der Waals surface area contributed by atoms with Crippen LogP contribution in [0.15, 0.2) is 72.9 Å². The van der Waals surface area contributed by atoms with E-state index in [1.807, 2.05) is 30.3 Å². The first kappa shape index (κ1) is 17.6. The Morgan fingerprint density at radius 1 is 1.00 bits per heavy atom. The molecule has 1 amide bonds. The highest BCUT2D eigenvalue weighted by molar-refractivity contribution is 5.93. The zero-order chi connectivity index (χ0) is 18.2. The quantitative estimate of drug-likeness (QED) is 0.682. The van der Waals surface area contributed by atoms with E-state index in [-0.39, 0.29) is 11.7 Å². The second kappa shape index (κ2) is 8.76. The molecule has 4 nitrogen and oxygen atoms in total. The molecule has 132 valence electrons. The van der Waals surface area contributed by atoms with E-state index in [9.17, 15) is 9.18 Å². The Balaban J connectivity index is 1.54. The number of hydrogen-bond acceptors (Lipinski definition) is 3. The van der Waals surface area contributed by atoms with E-state index < -0.39 is 0 Å². The predicted octanol–water partition coefficient (Wildman–Crippen LogP) is 3.81. The van der Waals surface area contributed by atoms with Gasteiger partial charge in [0.25, 0.3) is 5.91 Å². The van der Waals surface area contributed by atoms with Crippen molar-refractivity contribution in [2.45, 2.75) is 13.0 Å². The molecule has 0 bridgehead atoms. The SMILES string of the molecule is O=C(NCCc1ccccc1)c1cc(NCc2ccccc2F)ccn1. The summed E-state index contributed by atoms with van der Waals surface area (Å²) in [6, 6.07) is 20.0. The average molecular weight is 349 g/mol. The van der Waals surface area contributed by atoms with Crippen molar-refractivity contribution in [1.82, 2.24) is 10.3 Å². The van der Waals surface area contributed by atoms with E-state index in [0.29, 0.717) is 24.3 Å². The average Bonchev–Trinajstić information content (AvgIpc) is 2.68. The fourth-order valence-corrected chi connectivity index (χ4v) is 2.56. The first-order valence-corrected chi connectivity index (χ1v) is 8.48. The van der Waals surface area contributed by atoms with E-state index in [2.05, 4.69) is 15.6 Å². The van der Waals surface area contributed by atoms with Crippen LogP contribution < -0.4 is 10.6 Å². The molecule has 0 fully saturated rings. The maximum absolute atomic E-state index is 13.7. The summed E-state index contributed by atoms with van der Waals surface area (Å²) in [5.41, 5.74) is 2.78. The van der Waals surface area contributed by atoms with Gasteiger partial charge in [-0.15, -0.1) is 0 Å². The molecule has 3 aromatic rings. The lowest BCUT2D eigenvalue weighted by atomic mass is 10.1. The standard InChI is InChI=1S/C21H20FN3O/c22-19-9-5-4-8-17(19)15-25-18-11-13-23-20(14-18)21(26)24-12-10-16-6-2-1-3-7-16/h1-9,11,13-14H,10,12,15H2,(H,23,25)(H,24,26). The first-order valence-electron chi connectivity index (χ1n) is 8.48. The zero-order valence-corrected chi connectivity index (χ0v) is 14.3. The molecule has 26 heavy (non-hydrogen) atoms. The van der Waals surface area contributed by atoms with Crippen molar-refractivity contribution >= 4 is 11.6 Å². The molecule has 5 heteroatoms. The number of benzene rings is 2. The Morgan fingerprint density at radius 2 is 1.77 bits per heavy atom. The third-order valence-corrected chi connectivity index (χ3v) is 3.98. The number of amides is 1. The number of carbonyl (C=O) groups excluding carboxylic acids is 1. The fraction of sp³-hybridized carbons (Fsp3) is 0.143. The van der Waals surface area contributed by atoms with Crippen molar-refractivity contribution < 1.29 is 9.18 Å². The normalized spacial score (nSPS) is 10.3. The van der Waals surface area contributed by atoms with Crippen LogP contribution in [0.3, 0.4) is 0 Å². The second-order valence-electron chi connectivity index (χ2n) is 5.87. The van der Waals surface area contributed by atoms with E-state index in [1.54, 1.807) is 36.5 Å². The van der Waals surface area contributed by atoms with Gasteiger partial charge in [-0.25, -0.2) is 4.39 Å². The highest BCUT2D eigenvalue weighted by Gasteiger charge is 2.08. The van der Waals surface area contributed by atoms with Gasteiger partial charge in [-0.2, -0.15) is 0 Å². The van der Waals surface area contributed by atoms with Crippen molar-refractivity contribution in [3.63, 3.8) is 0 Å². The molecule has 0 aliphatic carbocycles.